The number of aromatic nitrogens is 1. The maximum absolute atomic E-state index is 13.1. The minimum absolute atomic E-state index is 0.0304. The summed E-state index contributed by atoms with van der Waals surface area (Å²) in [6.07, 6.45) is 0. The van der Waals surface area contributed by atoms with Crippen molar-refractivity contribution >= 4 is 15.7 Å². The Balaban J connectivity index is 1.57. The number of benzene rings is 2. The van der Waals surface area contributed by atoms with Gasteiger partial charge in [-0.05, 0) is 55.3 Å². The zero-order valence-electron chi connectivity index (χ0n) is 17.6. The van der Waals surface area contributed by atoms with E-state index in [0.717, 1.165) is 5.56 Å². The predicted octanol–water partition coefficient (Wildman–Crippen LogP) is 2.34. The maximum Gasteiger partial charge on any atom is 0.270 e. The highest BCUT2D eigenvalue weighted by Crippen LogP contribution is 2.32. The van der Waals surface area contributed by atoms with Crippen molar-refractivity contribution in [1.29, 1.82) is 0 Å². The molecule has 2 aromatic carbocycles. The summed E-state index contributed by atoms with van der Waals surface area (Å²) < 4.78 is 38.0. The molecule has 0 saturated heterocycles. The van der Waals surface area contributed by atoms with Crippen LogP contribution in [0.25, 0.3) is 0 Å². The fourth-order valence-corrected chi connectivity index (χ4v) is 5.17. The number of carbonyl (C=O) groups is 1. The van der Waals surface area contributed by atoms with Crippen molar-refractivity contribution in [3.05, 3.63) is 81.8 Å². The predicted molar refractivity (Wildman–Crippen MR) is 116 cm³/mol. The number of nitrogens with zero attached hydrogens (tertiary/aromatic N) is 1. The highest BCUT2D eigenvalue weighted by atomic mass is 32.2. The van der Waals surface area contributed by atoms with Gasteiger partial charge in [0.15, 0.2) is 11.5 Å². The molecule has 0 atom stereocenters. The number of sulfone groups is 1. The Morgan fingerprint density at radius 1 is 1.03 bits per heavy atom. The van der Waals surface area contributed by atoms with Crippen LogP contribution in [0.15, 0.2) is 69.2 Å². The van der Waals surface area contributed by atoms with Gasteiger partial charge >= 0.3 is 0 Å². The highest BCUT2D eigenvalue weighted by molar-refractivity contribution is 7.91. The van der Waals surface area contributed by atoms with Crippen LogP contribution in [0, 0.1) is 13.8 Å². The molecule has 2 heterocycles. The van der Waals surface area contributed by atoms with Crippen molar-refractivity contribution in [2.75, 3.05) is 6.79 Å². The molecule has 3 aromatic rings. The fourth-order valence-electron chi connectivity index (χ4n) is 3.60. The van der Waals surface area contributed by atoms with Crippen LogP contribution in [0.4, 0.5) is 0 Å². The van der Waals surface area contributed by atoms with E-state index in [1.807, 2.05) is 6.07 Å². The topological polar surface area (TPSA) is 104 Å². The molecule has 32 heavy (non-hydrogen) atoms. The Morgan fingerprint density at radius 2 is 1.75 bits per heavy atom. The lowest BCUT2D eigenvalue weighted by molar-refractivity contribution is -0.121. The number of fused-ring (bicyclic) bond motifs is 1. The molecule has 1 N–H and O–H groups in total. The van der Waals surface area contributed by atoms with Gasteiger partial charge in [0, 0.05) is 12.2 Å². The zero-order valence-corrected chi connectivity index (χ0v) is 18.4. The molecule has 9 heteroatoms. The second-order valence-corrected chi connectivity index (χ2v) is 9.36. The minimum atomic E-state index is -4.03. The average molecular weight is 455 g/mol. The molecule has 0 fully saturated rings. The van der Waals surface area contributed by atoms with Crippen molar-refractivity contribution in [1.82, 2.24) is 9.88 Å². The summed E-state index contributed by atoms with van der Waals surface area (Å²) in [5.74, 6) is 0.840. The van der Waals surface area contributed by atoms with Gasteiger partial charge in [0.05, 0.1) is 4.90 Å². The molecule has 0 aliphatic carbocycles. The van der Waals surface area contributed by atoms with Crippen LogP contribution in [0.3, 0.4) is 0 Å². The second-order valence-electron chi connectivity index (χ2n) is 7.47. The van der Waals surface area contributed by atoms with Crippen LogP contribution in [-0.2, 0) is 27.7 Å². The van der Waals surface area contributed by atoms with E-state index < -0.39 is 21.3 Å². The van der Waals surface area contributed by atoms with Crippen molar-refractivity contribution in [3.63, 3.8) is 0 Å². The first-order chi connectivity index (χ1) is 15.3. The number of hydrogen-bond acceptors (Lipinski definition) is 6. The first-order valence-electron chi connectivity index (χ1n) is 9.94. The third-order valence-electron chi connectivity index (χ3n) is 5.20. The molecule has 8 nitrogen and oxygen atoms in total. The van der Waals surface area contributed by atoms with Crippen LogP contribution in [-0.4, -0.2) is 25.7 Å². The molecule has 0 unspecified atom stereocenters. The molecule has 0 saturated carbocycles. The average Bonchev–Trinajstić information content (AvgIpc) is 3.23. The highest BCUT2D eigenvalue weighted by Gasteiger charge is 2.26. The van der Waals surface area contributed by atoms with Crippen LogP contribution >= 0.6 is 0 Å². The largest absolute Gasteiger partial charge is 0.454 e. The maximum atomic E-state index is 13.1. The van der Waals surface area contributed by atoms with Crippen LogP contribution in [0.5, 0.6) is 11.5 Å². The Kier molecular flexibility index (Phi) is 5.75. The van der Waals surface area contributed by atoms with Gasteiger partial charge in [-0.3, -0.25) is 9.59 Å². The SMILES string of the molecule is Cc1cc(C)n(CC(=O)NCc2ccc3c(c2)OCO3)c(=O)c1S(=O)(=O)c1ccccc1. The summed E-state index contributed by atoms with van der Waals surface area (Å²) in [5.41, 5.74) is 0.929. The van der Waals surface area contributed by atoms with Gasteiger partial charge in [0.1, 0.15) is 11.4 Å². The van der Waals surface area contributed by atoms with Crippen LogP contribution in [0.2, 0.25) is 0 Å². The quantitative estimate of drug-likeness (QED) is 0.613. The van der Waals surface area contributed by atoms with Gasteiger partial charge in [-0.1, -0.05) is 24.3 Å². The summed E-state index contributed by atoms with van der Waals surface area (Å²) >= 11 is 0. The molecule has 166 valence electrons. The smallest absolute Gasteiger partial charge is 0.270 e. The molecule has 0 spiro atoms. The van der Waals surface area contributed by atoms with Gasteiger partial charge < -0.3 is 19.4 Å². The number of ether oxygens (including phenoxy) is 2. The molecular formula is C23H22N2O6S. The summed E-state index contributed by atoms with van der Waals surface area (Å²) in [5, 5.41) is 2.75. The summed E-state index contributed by atoms with van der Waals surface area (Å²) in [4.78, 5) is 25.4. The Morgan fingerprint density at radius 3 is 2.50 bits per heavy atom. The first-order valence-corrected chi connectivity index (χ1v) is 11.4. The molecular weight excluding hydrogens is 432 g/mol. The van der Waals surface area contributed by atoms with E-state index in [2.05, 4.69) is 5.32 Å². The third-order valence-corrected chi connectivity index (χ3v) is 7.13. The van der Waals surface area contributed by atoms with E-state index in [-0.39, 0.29) is 29.7 Å². The van der Waals surface area contributed by atoms with E-state index in [1.54, 1.807) is 50.2 Å². The normalized spacial score (nSPS) is 12.6. The number of pyridine rings is 1. The van der Waals surface area contributed by atoms with Gasteiger partial charge in [0.25, 0.3) is 5.56 Å². The van der Waals surface area contributed by atoms with Gasteiger partial charge in [-0.15, -0.1) is 0 Å². The molecule has 1 aliphatic heterocycles. The molecule has 0 radical (unpaired) electrons. The van der Waals surface area contributed by atoms with Crippen molar-refractivity contribution in [2.45, 2.75) is 36.7 Å². The number of rotatable bonds is 6. The number of amides is 1. The monoisotopic (exact) mass is 454 g/mol. The van der Waals surface area contributed by atoms with Crippen molar-refractivity contribution in [3.8, 4) is 11.5 Å². The molecule has 1 aromatic heterocycles. The van der Waals surface area contributed by atoms with Crippen molar-refractivity contribution in [2.24, 2.45) is 0 Å². The van der Waals surface area contributed by atoms with Gasteiger partial charge in [-0.25, -0.2) is 8.42 Å². The van der Waals surface area contributed by atoms with E-state index in [1.165, 1.54) is 16.7 Å². The zero-order chi connectivity index (χ0) is 22.9. The van der Waals surface area contributed by atoms with Gasteiger partial charge in [0.2, 0.25) is 22.5 Å². The van der Waals surface area contributed by atoms with E-state index in [4.69, 9.17) is 9.47 Å². The summed E-state index contributed by atoms with van der Waals surface area (Å²) in [7, 11) is -4.03. The Bertz CT molecular complexity index is 1350. The first kappa shape index (κ1) is 21.6. The summed E-state index contributed by atoms with van der Waals surface area (Å²) in [6.45, 7) is 3.33. The molecule has 4 rings (SSSR count). The minimum Gasteiger partial charge on any atom is -0.454 e. The molecule has 1 amide bonds. The van der Waals surface area contributed by atoms with E-state index in [0.29, 0.717) is 22.8 Å². The molecule has 1 aliphatic rings. The van der Waals surface area contributed by atoms with E-state index in [9.17, 15) is 18.0 Å². The van der Waals surface area contributed by atoms with E-state index >= 15 is 0 Å². The lowest BCUT2D eigenvalue weighted by Crippen LogP contribution is -2.35. The Labute approximate surface area is 185 Å². The molecule has 0 bridgehead atoms. The Hall–Kier alpha value is -3.59. The number of carbonyl (C=O) groups excluding carboxylic acids is 1. The van der Waals surface area contributed by atoms with Gasteiger partial charge in [-0.2, -0.15) is 0 Å². The standard InChI is InChI=1S/C23H22N2O6S/c1-15-10-16(2)25(23(27)22(15)32(28,29)18-6-4-3-5-7-18)13-21(26)24-12-17-8-9-19-20(11-17)31-14-30-19/h3-11H,12-14H2,1-2H3,(H,24,26). The number of aryl methyl sites for hydroxylation is 2. The lowest BCUT2D eigenvalue weighted by atomic mass is 10.2. The fraction of sp³-hybridized carbons (Fsp3) is 0.217. The van der Waals surface area contributed by atoms with Crippen LogP contribution in [0.1, 0.15) is 16.8 Å². The van der Waals surface area contributed by atoms with Crippen LogP contribution < -0.4 is 20.3 Å². The number of nitrogens with one attached hydrogen (secondary N) is 1. The number of hydrogen-bond donors (Lipinski definition) is 1. The van der Waals surface area contributed by atoms with Crippen molar-refractivity contribution < 1.29 is 22.7 Å². The lowest BCUT2D eigenvalue weighted by Gasteiger charge is -2.15. The third kappa shape index (κ3) is 4.11. The summed E-state index contributed by atoms with van der Waals surface area (Å²) in [6, 6.07) is 14.7. The second kappa shape index (κ2) is 8.51.